The van der Waals surface area contributed by atoms with Crippen molar-refractivity contribution in [2.24, 2.45) is 0 Å². The van der Waals surface area contributed by atoms with Crippen LogP contribution in [0.1, 0.15) is 32.2 Å². The number of hydrogen-bond acceptors (Lipinski definition) is 4. The smallest absolute Gasteiger partial charge is 0.249 e. The summed E-state index contributed by atoms with van der Waals surface area (Å²) in [6, 6.07) is 9.28. The normalized spacial score (nSPS) is 12.1. The van der Waals surface area contributed by atoms with Crippen LogP contribution in [0.4, 0.5) is 0 Å². The average Bonchev–Trinajstić information content (AvgIpc) is 2.89. The van der Waals surface area contributed by atoms with Crippen LogP contribution in [-0.4, -0.2) is 16.0 Å². The highest BCUT2D eigenvalue weighted by Gasteiger charge is 2.16. The third kappa shape index (κ3) is 2.74. The Morgan fingerprint density at radius 1 is 1.39 bits per heavy atom. The maximum Gasteiger partial charge on any atom is 0.249 e. The van der Waals surface area contributed by atoms with Crippen LogP contribution < -0.4 is 5.32 Å². The van der Waals surface area contributed by atoms with E-state index in [1.807, 2.05) is 37.3 Å². The summed E-state index contributed by atoms with van der Waals surface area (Å²) in [5, 5.41) is 6.68. The number of aromatic nitrogens is 2. The number of carbonyl (C=O) groups excluding carboxylic acids is 1. The average molecular weight is 245 g/mol. The maximum absolute atomic E-state index is 11.3. The Morgan fingerprint density at radius 3 is 2.78 bits per heavy atom. The van der Waals surface area contributed by atoms with Gasteiger partial charge in [0.15, 0.2) is 0 Å². The lowest BCUT2D eigenvalue weighted by Crippen LogP contribution is -2.25. The minimum atomic E-state index is -0.276. The zero-order valence-electron chi connectivity index (χ0n) is 10.4. The molecule has 1 N–H and O–H groups in total. The Morgan fingerprint density at radius 2 is 2.11 bits per heavy atom. The fourth-order valence-corrected chi connectivity index (χ4v) is 1.52. The van der Waals surface area contributed by atoms with Gasteiger partial charge in [0.25, 0.3) is 0 Å². The fourth-order valence-electron chi connectivity index (χ4n) is 1.52. The van der Waals surface area contributed by atoms with Gasteiger partial charge in [-0.25, -0.2) is 0 Å². The zero-order valence-corrected chi connectivity index (χ0v) is 10.4. The molecule has 5 nitrogen and oxygen atoms in total. The van der Waals surface area contributed by atoms with Crippen LogP contribution >= 0.6 is 0 Å². The molecular weight excluding hydrogens is 230 g/mol. The van der Waals surface area contributed by atoms with E-state index in [9.17, 15) is 4.79 Å². The molecule has 1 amide bonds. The second-order valence-electron chi connectivity index (χ2n) is 3.97. The maximum atomic E-state index is 11.3. The van der Waals surface area contributed by atoms with Crippen LogP contribution in [0.5, 0.6) is 0 Å². The molecule has 2 rings (SSSR count). The molecule has 1 unspecified atom stereocenters. The predicted molar refractivity (Wildman–Crippen MR) is 66.6 cm³/mol. The third-order valence-electron chi connectivity index (χ3n) is 2.54. The molecular formula is C13H15N3O2. The van der Waals surface area contributed by atoms with E-state index in [2.05, 4.69) is 15.5 Å². The molecule has 0 saturated carbocycles. The summed E-state index contributed by atoms with van der Waals surface area (Å²) in [7, 11) is 0. The molecule has 1 heterocycles. The van der Waals surface area contributed by atoms with Crippen molar-refractivity contribution in [2.75, 3.05) is 0 Å². The van der Waals surface area contributed by atoms with Crippen LogP contribution in [0, 0.1) is 0 Å². The van der Waals surface area contributed by atoms with E-state index in [4.69, 9.17) is 4.52 Å². The fraction of sp³-hybridized carbons (Fsp3) is 0.308. The quantitative estimate of drug-likeness (QED) is 0.897. The van der Waals surface area contributed by atoms with Crippen molar-refractivity contribution in [3.05, 3.63) is 36.2 Å². The summed E-state index contributed by atoms with van der Waals surface area (Å²) in [5.74, 6) is 0.904. The number of benzene rings is 1. The first-order valence-corrected chi connectivity index (χ1v) is 5.89. The van der Waals surface area contributed by atoms with Gasteiger partial charge >= 0.3 is 0 Å². The lowest BCUT2D eigenvalue weighted by atomic mass is 10.2. The number of hydrogen-bond donors (Lipinski definition) is 1. The molecule has 0 spiro atoms. The van der Waals surface area contributed by atoms with Gasteiger partial charge in [-0.15, -0.1) is 0 Å². The van der Waals surface area contributed by atoms with Gasteiger partial charge in [0.05, 0.1) is 0 Å². The Bertz CT molecular complexity index is 522. The van der Waals surface area contributed by atoms with Gasteiger partial charge in [0.1, 0.15) is 6.04 Å². The van der Waals surface area contributed by atoms with Crippen molar-refractivity contribution in [1.82, 2.24) is 15.5 Å². The lowest BCUT2D eigenvalue weighted by Gasteiger charge is -2.07. The molecule has 0 saturated heterocycles. The molecule has 1 atom stereocenters. The number of nitrogens with zero attached hydrogens (tertiary/aromatic N) is 2. The highest BCUT2D eigenvalue weighted by atomic mass is 16.5. The molecule has 18 heavy (non-hydrogen) atoms. The molecule has 0 fully saturated rings. The van der Waals surface area contributed by atoms with Crippen molar-refractivity contribution in [2.45, 2.75) is 26.3 Å². The third-order valence-corrected chi connectivity index (χ3v) is 2.54. The van der Waals surface area contributed by atoms with Crippen molar-refractivity contribution in [3.63, 3.8) is 0 Å². The van der Waals surface area contributed by atoms with Gasteiger partial charge in [0.2, 0.25) is 17.6 Å². The first-order chi connectivity index (χ1) is 8.70. The van der Waals surface area contributed by atoms with Gasteiger partial charge in [-0.05, 0) is 6.92 Å². The highest BCUT2D eigenvalue weighted by Crippen LogP contribution is 2.17. The Balaban J connectivity index is 2.13. The zero-order chi connectivity index (χ0) is 13.0. The summed E-state index contributed by atoms with van der Waals surface area (Å²) >= 11 is 0. The molecule has 0 bridgehead atoms. The van der Waals surface area contributed by atoms with Gasteiger partial charge in [-0.3, -0.25) is 4.79 Å². The second kappa shape index (κ2) is 5.44. The van der Waals surface area contributed by atoms with E-state index in [1.165, 1.54) is 0 Å². The monoisotopic (exact) mass is 245 g/mol. The van der Waals surface area contributed by atoms with Gasteiger partial charge in [-0.2, -0.15) is 4.98 Å². The predicted octanol–water partition coefficient (Wildman–Crippen LogP) is 2.32. The number of carbonyl (C=O) groups is 1. The van der Waals surface area contributed by atoms with E-state index in [0.29, 0.717) is 18.1 Å². The van der Waals surface area contributed by atoms with Crippen LogP contribution in [0.25, 0.3) is 11.4 Å². The van der Waals surface area contributed by atoms with Gasteiger partial charge in [-0.1, -0.05) is 42.4 Å². The van der Waals surface area contributed by atoms with E-state index in [1.54, 1.807) is 6.92 Å². The molecule has 0 aliphatic rings. The Kier molecular flexibility index (Phi) is 3.72. The molecule has 1 aromatic heterocycles. The topological polar surface area (TPSA) is 68.0 Å². The molecule has 94 valence electrons. The van der Waals surface area contributed by atoms with Gasteiger partial charge in [0, 0.05) is 12.0 Å². The lowest BCUT2D eigenvalue weighted by molar-refractivity contribution is -0.121. The Labute approximate surface area is 105 Å². The van der Waals surface area contributed by atoms with E-state index < -0.39 is 0 Å². The standard InChI is InChI=1S/C13H15N3O2/c1-3-11(17)14-9(2)13-15-12(16-18-13)10-7-5-4-6-8-10/h4-9H,3H2,1-2H3,(H,14,17). The van der Waals surface area contributed by atoms with Crippen molar-refractivity contribution >= 4 is 5.91 Å². The van der Waals surface area contributed by atoms with Crippen LogP contribution in [0.2, 0.25) is 0 Å². The molecule has 5 heteroatoms. The Hall–Kier alpha value is -2.17. The van der Waals surface area contributed by atoms with Crippen molar-refractivity contribution in [3.8, 4) is 11.4 Å². The van der Waals surface area contributed by atoms with Crippen LogP contribution in [-0.2, 0) is 4.79 Å². The first kappa shape index (κ1) is 12.3. The first-order valence-electron chi connectivity index (χ1n) is 5.89. The van der Waals surface area contributed by atoms with Crippen LogP contribution in [0.15, 0.2) is 34.9 Å². The number of rotatable bonds is 4. The number of nitrogens with one attached hydrogen (secondary N) is 1. The summed E-state index contributed by atoms with van der Waals surface area (Å²) < 4.78 is 5.15. The molecule has 0 radical (unpaired) electrons. The second-order valence-corrected chi connectivity index (χ2v) is 3.97. The molecule has 1 aromatic carbocycles. The van der Waals surface area contributed by atoms with Crippen molar-refractivity contribution in [1.29, 1.82) is 0 Å². The van der Waals surface area contributed by atoms with Crippen LogP contribution in [0.3, 0.4) is 0 Å². The minimum Gasteiger partial charge on any atom is -0.345 e. The highest BCUT2D eigenvalue weighted by molar-refractivity contribution is 5.75. The summed E-state index contributed by atoms with van der Waals surface area (Å²) in [6.45, 7) is 3.61. The molecule has 0 aliphatic heterocycles. The largest absolute Gasteiger partial charge is 0.345 e. The van der Waals surface area contributed by atoms with Crippen molar-refractivity contribution < 1.29 is 9.32 Å². The molecule has 0 aliphatic carbocycles. The number of amides is 1. The SMILES string of the molecule is CCC(=O)NC(C)c1nc(-c2ccccc2)no1. The molecule has 2 aromatic rings. The van der Waals surface area contributed by atoms with E-state index >= 15 is 0 Å². The summed E-state index contributed by atoms with van der Waals surface area (Å²) in [6.07, 6.45) is 0.435. The summed E-state index contributed by atoms with van der Waals surface area (Å²) in [4.78, 5) is 15.5. The van der Waals surface area contributed by atoms with E-state index in [0.717, 1.165) is 5.56 Å². The van der Waals surface area contributed by atoms with Gasteiger partial charge < -0.3 is 9.84 Å². The minimum absolute atomic E-state index is 0.0399. The van der Waals surface area contributed by atoms with E-state index in [-0.39, 0.29) is 11.9 Å². The summed E-state index contributed by atoms with van der Waals surface area (Å²) in [5.41, 5.74) is 0.890.